The van der Waals surface area contributed by atoms with Gasteiger partial charge in [-0.15, -0.1) is 0 Å². The van der Waals surface area contributed by atoms with E-state index < -0.39 is 5.82 Å². The van der Waals surface area contributed by atoms with Crippen LogP contribution in [-0.2, 0) is 11.3 Å². The van der Waals surface area contributed by atoms with Crippen LogP contribution in [0.2, 0.25) is 0 Å². The van der Waals surface area contributed by atoms with Crippen LogP contribution in [-0.4, -0.2) is 35.6 Å². The summed E-state index contributed by atoms with van der Waals surface area (Å²) < 4.78 is 19.7. The number of nitrogens with zero attached hydrogens (tertiary/aromatic N) is 4. The van der Waals surface area contributed by atoms with Crippen LogP contribution in [0.25, 0.3) is 11.3 Å². The molecule has 1 amide bonds. The van der Waals surface area contributed by atoms with Gasteiger partial charge in [0.25, 0.3) is 0 Å². The average Bonchev–Trinajstić information content (AvgIpc) is 2.87. The van der Waals surface area contributed by atoms with Gasteiger partial charge in [-0.2, -0.15) is 10.2 Å². The first-order chi connectivity index (χ1) is 16.9. The second kappa shape index (κ2) is 10.4. The molecule has 1 aliphatic rings. The van der Waals surface area contributed by atoms with E-state index in [2.05, 4.69) is 22.2 Å². The lowest BCUT2D eigenvalue weighted by Crippen LogP contribution is -2.47. The number of anilines is 2. The summed E-state index contributed by atoms with van der Waals surface area (Å²) in [4.78, 5) is 23.6. The Bertz CT molecular complexity index is 1260. The minimum absolute atomic E-state index is 0.00750. The maximum atomic E-state index is 14.5. The first kappa shape index (κ1) is 24.0. The minimum Gasteiger partial charge on any atom is -0.495 e. The number of piperidine rings is 1. The maximum Gasteiger partial charge on any atom is 0.225 e. The number of carbonyl (C=O) groups is 1. The molecule has 0 spiro atoms. The number of benzene rings is 2. The van der Waals surface area contributed by atoms with Gasteiger partial charge in [-0.25, -0.2) is 9.37 Å². The summed E-state index contributed by atoms with van der Waals surface area (Å²) in [5.41, 5.74) is 7.70. The zero-order chi connectivity index (χ0) is 24.9. The number of nitrogens with two attached hydrogens (primary N) is 1. The summed E-state index contributed by atoms with van der Waals surface area (Å²) in [6.07, 6.45) is 1.58. The molecule has 4 rings (SSSR count). The fraction of sp³-hybridized carbons (Fsp3) is 0.308. The molecule has 1 fully saturated rings. The van der Waals surface area contributed by atoms with E-state index in [0.29, 0.717) is 30.2 Å². The Morgan fingerprint density at radius 1 is 1.26 bits per heavy atom. The molecular weight excluding hydrogens is 447 g/mol. The topological polar surface area (TPSA) is 117 Å². The molecule has 3 N–H and O–H groups in total. The molecule has 35 heavy (non-hydrogen) atoms. The number of amides is 1. The Hall–Kier alpha value is -4.19. The zero-order valence-electron chi connectivity index (χ0n) is 19.7. The summed E-state index contributed by atoms with van der Waals surface area (Å²) in [6.45, 7) is 3.02. The zero-order valence-corrected chi connectivity index (χ0v) is 19.7. The lowest BCUT2D eigenvalue weighted by atomic mass is 9.92. The maximum absolute atomic E-state index is 14.5. The van der Waals surface area contributed by atoms with Crippen LogP contribution in [0.15, 0.2) is 48.5 Å². The van der Waals surface area contributed by atoms with Crippen LogP contribution >= 0.6 is 0 Å². The molecule has 0 saturated carbocycles. The molecule has 8 nitrogen and oxygen atoms in total. The summed E-state index contributed by atoms with van der Waals surface area (Å²) >= 11 is 0. The van der Waals surface area contributed by atoms with Crippen molar-refractivity contribution in [3.8, 4) is 23.1 Å². The van der Waals surface area contributed by atoms with Crippen LogP contribution in [0.4, 0.5) is 16.2 Å². The number of carbonyl (C=O) groups excluding carboxylic acids is 1. The number of hydrogen-bond acceptors (Lipinski definition) is 7. The molecule has 1 aromatic heterocycles. The van der Waals surface area contributed by atoms with E-state index in [1.54, 1.807) is 18.2 Å². The number of ether oxygens (including phenoxy) is 1. The van der Waals surface area contributed by atoms with Crippen molar-refractivity contribution in [3.63, 3.8) is 0 Å². The Balaban J connectivity index is 1.57. The van der Waals surface area contributed by atoms with Gasteiger partial charge in [0, 0.05) is 30.8 Å². The summed E-state index contributed by atoms with van der Waals surface area (Å²) in [7, 11) is 1.37. The number of methoxy groups -OCH3 is 1. The van der Waals surface area contributed by atoms with Gasteiger partial charge < -0.3 is 20.7 Å². The summed E-state index contributed by atoms with van der Waals surface area (Å²) in [5, 5.41) is 12.2. The molecule has 0 bridgehead atoms. The highest BCUT2D eigenvalue weighted by Gasteiger charge is 2.31. The number of hydrogen-bond donors (Lipinski definition) is 2. The third kappa shape index (κ3) is 5.32. The van der Waals surface area contributed by atoms with Gasteiger partial charge in [0.05, 0.1) is 18.7 Å². The van der Waals surface area contributed by atoms with E-state index >= 15 is 0 Å². The highest BCUT2D eigenvalue weighted by Crippen LogP contribution is 2.32. The Kier molecular flexibility index (Phi) is 7.11. The standard InChI is InChI=1S/C26H27FN6O2/c1-16-8-9-18(25(34)30-14-17-6-4-3-5-7-17)15-33(16)24-12-22(31-26(29)32-24)19-10-21(27)20(13-28)23(11-19)35-2/h3-7,10-12,16,18H,8-9,14-15H2,1-2H3,(H,30,34)(H2,29,31,32). The Morgan fingerprint density at radius 2 is 2.03 bits per heavy atom. The highest BCUT2D eigenvalue weighted by molar-refractivity contribution is 5.79. The van der Waals surface area contributed by atoms with Crippen molar-refractivity contribution in [2.75, 3.05) is 24.3 Å². The van der Waals surface area contributed by atoms with Gasteiger partial charge in [-0.05, 0) is 37.5 Å². The number of nitrogen functional groups attached to an aromatic ring is 1. The SMILES string of the molecule is COc1cc(-c2cc(N3CC(C(=O)NCc4ccccc4)CCC3C)nc(N)n2)cc(F)c1C#N. The average molecular weight is 475 g/mol. The van der Waals surface area contributed by atoms with Gasteiger partial charge in [0.1, 0.15) is 29.0 Å². The summed E-state index contributed by atoms with van der Waals surface area (Å²) in [5.74, 6) is -0.216. The quantitative estimate of drug-likeness (QED) is 0.560. The van der Waals surface area contributed by atoms with E-state index in [1.807, 2.05) is 35.2 Å². The predicted molar refractivity (Wildman–Crippen MR) is 131 cm³/mol. The van der Waals surface area contributed by atoms with Crippen molar-refractivity contribution in [1.82, 2.24) is 15.3 Å². The third-order valence-electron chi connectivity index (χ3n) is 6.27. The van der Waals surface area contributed by atoms with Crippen LogP contribution in [0, 0.1) is 23.1 Å². The monoisotopic (exact) mass is 474 g/mol. The van der Waals surface area contributed by atoms with Crippen LogP contribution in [0.3, 0.4) is 0 Å². The van der Waals surface area contributed by atoms with E-state index in [1.165, 1.54) is 13.2 Å². The van der Waals surface area contributed by atoms with Gasteiger partial charge in [-0.3, -0.25) is 4.79 Å². The van der Waals surface area contributed by atoms with Crippen molar-refractivity contribution in [3.05, 3.63) is 65.5 Å². The van der Waals surface area contributed by atoms with Crippen molar-refractivity contribution in [2.45, 2.75) is 32.4 Å². The van der Waals surface area contributed by atoms with Gasteiger partial charge in [0.2, 0.25) is 11.9 Å². The normalized spacial score (nSPS) is 17.5. The van der Waals surface area contributed by atoms with Crippen molar-refractivity contribution < 1.29 is 13.9 Å². The molecule has 1 aliphatic heterocycles. The molecule has 180 valence electrons. The Morgan fingerprint density at radius 3 is 2.74 bits per heavy atom. The van der Waals surface area contributed by atoms with Gasteiger partial charge in [-0.1, -0.05) is 30.3 Å². The first-order valence-corrected chi connectivity index (χ1v) is 11.4. The molecule has 0 radical (unpaired) electrons. The van der Waals surface area contributed by atoms with Gasteiger partial charge >= 0.3 is 0 Å². The first-order valence-electron chi connectivity index (χ1n) is 11.4. The van der Waals surface area contributed by atoms with Crippen LogP contribution < -0.4 is 20.7 Å². The molecule has 2 aromatic carbocycles. The van der Waals surface area contributed by atoms with Gasteiger partial charge in [0.15, 0.2) is 0 Å². The smallest absolute Gasteiger partial charge is 0.225 e. The fourth-order valence-electron chi connectivity index (χ4n) is 4.32. The number of nitrogens with one attached hydrogen (secondary N) is 1. The molecular formula is C26H27FN6O2. The highest BCUT2D eigenvalue weighted by atomic mass is 19.1. The molecule has 3 aromatic rings. The lowest BCUT2D eigenvalue weighted by molar-refractivity contribution is -0.125. The Labute approximate surface area is 203 Å². The van der Waals surface area contributed by atoms with Crippen molar-refractivity contribution >= 4 is 17.7 Å². The second-order valence-corrected chi connectivity index (χ2v) is 8.60. The largest absolute Gasteiger partial charge is 0.495 e. The van der Waals surface area contributed by atoms with E-state index in [9.17, 15) is 14.4 Å². The third-order valence-corrected chi connectivity index (χ3v) is 6.27. The molecule has 2 unspecified atom stereocenters. The van der Waals surface area contributed by atoms with Crippen LogP contribution in [0.5, 0.6) is 5.75 Å². The molecule has 9 heteroatoms. The van der Waals surface area contributed by atoms with Crippen molar-refractivity contribution in [1.29, 1.82) is 5.26 Å². The number of halogens is 1. The fourth-order valence-corrected chi connectivity index (χ4v) is 4.32. The van der Waals surface area contributed by atoms with E-state index in [-0.39, 0.29) is 35.1 Å². The predicted octanol–water partition coefficient (Wildman–Crippen LogP) is 3.67. The van der Waals surface area contributed by atoms with Crippen LogP contribution in [0.1, 0.15) is 30.9 Å². The molecule has 1 saturated heterocycles. The summed E-state index contributed by atoms with van der Waals surface area (Å²) in [6, 6.07) is 16.2. The minimum atomic E-state index is -0.706. The van der Waals surface area contributed by atoms with E-state index in [4.69, 9.17) is 10.5 Å². The molecule has 0 aliphatic carbocycles. The number of aromatic nitrogens is 2. The molecule has 2 atom stereocenters. The van der Waals surface area contributed by atoms with Crippen molar-refractivity contribution in [2.24, 2.45) is 5.92 Å². The van der Waals surface area contributed by atoms with E-state index in [0.717, 1.165) is 18.4 Å². The number of rotatable bonds is 6. The number of nitriles is 1. The lowest BCUT2D eigenvalue weighted by Gasteiger charge is -2.38. The second-order valence-electron chi connectivity index (χ2n) is 8.60. The molecule has 2 heterocycles.